The zero-order valence-corrected chi connectivity index (χ0v) is 11.5. The number of hydrogen-bond donors (Lipinski definition) is 0. The van der Waals surface area contributed by atoms with Crippen LogP contribution in [0.3, 0.4) is 0 Å². The van der Waals surface area contributed by atoms with Crippen LogP contribution >= 0.6 is 0 Å². The summed E-state index contributed by atoms with van der Waals surface area (Å²) in [6.07, 6.45) is 3.82. The highest BCUT2D eigenvalue weighted by molar-refractivity contribution is 5.73. The van der Waals surface area contributed by atoms with Crippen molar-refractivity contribution in [2.24, 2.45) is 0 Å². The summed E-state index contributed by atoms with van der Waals surface area (Å²) in [5.41, 5.74) is 2.09. The Morgan fingerprint density at radius 3 is 2.30 bits per heavy atom. The van der Waals surface area contributed by atoms with Gasteiger partial charge in [0.05, 0.1) is 6.42 Å². The van der Waals surface area contributed by atoms with Crippen LogP contribution in [-0.2, 0) is 9.53 Å². The first-order valence-corrected chi connectivity index (χ1v) is 6.72. The van der Waals surface area contributed by atoms with Gasteiger partial charge in [-0.25, -0.2) is 0 Å². The van der Waals surface area contributed by atoms with Gasteiger partial charge < -0.3 is 4.74 Å². The van der Waals surface area contributed by atoms with Crippen molar-refractivity contribution in [2.75, 3.05) is 0 Å². The van der Waals surface area contributed by atoms with Crippen LogP contribution in [0.4, 0.5) is 0 Å². The molecule has 0 bridgehead atoms. The summed E-state index contributed by atoms with van der Waals surface area (Å²) in [5, 5.41) is 0. The van der Waals surface area contributed by atoms with Crippen LogP contribution < -0.4 is 0 Å². The van der Waals surface area contributed by atoms with Crippen LogP contribution in [0.25, 0.3) is 6.08 Å². The Bertz CT molecular complexity index is 558. The second-order valence-corrected chi connectivity index (χ2v) is 4.56. The monoisotopic (exact) mass is 266 g/mol. The molecule has 0 N–H and O–H groups in total. The molecule has 0 spiro atoms. The van der Waals surface area contributed by atoms with Gasteiger partial charge in [-0.3, -0.25) is 4.79 Å². The van der Waals surface area contributed by atoms with Gasteiger partial charge >= 0.3 is 5.97 Å². The summed E-state index contributed by atoms with van der Waals surface area (Å²) in [7, 11) is 0. The fraction of sp³-hybridized carbons (Fsp3) is 0.167. The molecule has 2 rings (SSSR count). The quantitative estimate of drug-likeness (QED) is 0.750. The predicted molar refractivity (Wildman–Crippen MR) is 81.0 cm³/mol. The van der Waals surface area contributed by atoms with E-state index >= 15 is 0 Å². The van der Waals surface area contributed by atoms with E-state index in [1.807, 2.05) is 79.7 Å². The molecule has 0 heterocycles. The molecule has 2 aromatic carbocycles. The van der Waals surface area contributed by atoms with Crippen molar-refractivity contribution in [1.82, 2.24) is 0 Å². The van der Waals surface area contributed by atoms with Crippen molar-refractivity contribution < 1.29 is 9.53 Å². The molecule has 0 aliphatic heterocycles. The third kappa shape index (κ3) is 4.39. The number of hydrogen-bond acceptors (Lipinski definition) is 2. The van der Waals surface area contributed by atoms with E-state index in [1.54, 1.807) is 0 Å². The van der Waals surface area contributed by atoms with Gasteiger partial charge in [0.2, 0.25) is 0 Å². The minimum absolute atomic E-state index is 0.214. The molecule has 20 heavy (non-hydrogen) atoms. The minimum atomic E-state index is -0.214. The molecule has 102 valence electrons. The lowest BCUT2D eigenvalue weighted by Gasteiger charge is -2.12. The molecular formula is C18H18O2. The highest BCUT2D eigenvalue weighted by atomic mass is 16.5. The molecule has 1 atom stereocenters. The molecule has 0 saturated heterocycles. The van der Waals surface area contributed by atoms with Gasteiger partial charge in [-0.05, 0) is 18.1 Å². The molecule has 0 aliphatic carbocycles. The first-order valence-electron chi connectivity index (χ1n) is 6.72. The van der Waals surface area contributed by atoms with Crippen molar-refractivity contribution in [3.05, 3.63) is 77.9 Å². The zero-order valence-electron chi connectivity index (χ0n) is 11.5. The molecular weight excluding hydrogens is 248 g/mol. The predicted octanol–water partition coefficient (Wildman–Crippen LogP) is 4.39. The summed E-state index contributed by atoms with van der Waals surface area (Å²) in [6.45, 7) is 1.88. The van der Waals surface area contributed by atoms with E-state index in [1.165, 1.54) is 0 Å². The Morgan fingerprint density at radius 2 is 1.65 bits per heavy atom. The summed E-state index contributed by atoms with van der Waals surface area (Å²) >= 11 is 0. The summed E-state index contributed by atoms with van der Waals surface area (Å²) < 4.78 is 5.38. The van der Waals surface area contributed by atoms with Crippen molar-refractivity contribution in [2.45, 2.75) is 19.4 Å². The fourth-order valence-electron chi connectivity index (χ4n) is 1.89. The number of carbonyl (C=O) groups is 1. The van der Waals surface area contributed by atoms with Crippen molar-refractivity contribution in [3.8, 4) is 0 Å². The normalized spacial score (nSPS) is 12.2. The van der Waals surface area contributed by atoms with Gasteiger partial charge in [0.1, 0.15) is 6.10 Å². The third-order valence-electron chi connectivity index (χ3n) is 2.97. The summed E-state index contributed by atoms with van der Waals surface area (Å²) in [6, 6.07) is 19.6. The lowest BCUT2D eigenvalue weighted by atomic mass is 10.1. The third-order valence-corrected chi connectivity index (χ3v) is 2.97. The average Bonchev–Trinajstić information content (AvgIpc) is 2.49. The number of esters is 1. The zero-order chi connectivity index (χ0) is 14.2. The molecule has 0 radical (unpaired) electrons. The first-order chi connectivity index (χ1) is 9.75. The molecule has 2 nitrogen and oxygen atoms in total. The van der Waals surface area contributed by atoms with E-state index in [9.17, 15) is 4.79 Å². The van der Waals surface area contributed by atoms with Gasteiger partial charge in [-0.15, -0.1) is 0 Å². The van der Waals surface area contributed by atoms with Crippen LogP contribution in [0.15, 0.2) is 66.7 Å². The van der Waals surface area contributed by atoms with Gasteiger partial charge in [-0.2, -0.15) is 0 Å². The van der Waals surface area contributed by atoms with Crippen LogP contribution in [0.5, 0.6) is 0 Å². The van der Waals surface area contributed by atoms with Crippen molar-refractivity contribution >= 4 is 12.0 Å². The summed E-state index contributed by atoms with van der Waals surface area (Å²) in [4.78, 5) is 11.7. The Labute approximate surface area is 119 Å². The van der Waals surface area contributed by atoms with Crippen LogP contribution in [-0.4, -0.2) is 5.97 Å². The highest BCUT2D eigenvalue weighted by Crippen LogP contribution is 2.16. The van der Waals surface area contributed by atoms with E-state index in [0.717, 1.165) is 11.1 Å². The number of carbonyl (C=O) groups excluding carboxylic acids is 1. The van der Waals surface area contributed by atoms with E-state index < -0.39 is 0 Å². The standard InChI is InChI=1S/C18H18O2/c1-15(17-12-6-3-7-13-17)20-18(19)14-8-11-16-9-4-2-5-10-16/h2-13,15H,14H2,1H3. The van der Waals surface area contributed by atoms with Gasteiger partial charge in [0.15, 0.2) is 0 Å². The Hall–Kier alpha value is -2.35. The Balaban J connectivity index is 1.83. The molecule has 2 aromatic rings. The molecule has 1 unspecified atom stereocenters. The van der Waals surface area contributed by atoms with E-state index in [-0.39, 0.29) is 18.5 Å². The number of benzene rings is 2. The van der Waals surface area contributed by atoms with Crippen LogP contribution in [0, 0.1) is 0 Å². The molecule has 0 saturated carbocycles. The molecule has 0 aliphatic rings. The van der Waals surface area contributed by atoms with E-state index in [0.29, 0.717) is 0 Å². The smallest absolute Gasteiger partial charge is 0.310 e. The highest BCUT2D eigenvalue weighted by Gasteiger charge is 2.09. The number of ether oxygens (including phenoxy) is 1. The lowest BCUT2D eigenvalue weighted by Crippen LogP contribution is -2.07. The maximum atomic E-state index is 11.7. The van der Waals surface area contributed by atoms with E-state index in [4.69, 9.17) is 4.74 Å². The second kappa shape index (κ2) is 7.29. The average molecular weight is 266 g/mol. The maximum absolute atomic E-state index is 11.7. The van der Waals surface area contributed by atoms with Crippen molar-refractivity contribution in [1.29, 1.82) is 0 Å². The first kappa shape index (κ1) is 14.1. The second-order valence-electron chi connectivity index (χ2n) is 4.56. The molecule has 0 amide bonds. The fourth-order valence-corrected chi connectivity index (χ4v) is 1.89. The SMILES string of the molecule is CC(OC(=O)CC=Cc1ccccc1)c1ccccc1. The minimum Gasteiger partial charge on any atom is -0.458 e. The Morgan fingerprint density at radius 1 is 1.05 bits per heavy atom. The van der Waals surface area contributed by atoms with Gasteiger partial charge in [-0.1, -0.05) is 72.8 Å². The molecule has 2 heteroatoms. The molecule has 0 fully saturated rings. The van der Waals surface area contributed by atoms with Gasteiger partial charge in [0.25, 0.3) is 0 Å². The van der Waals surface area contributed by atoms with E-state index in [2.05, 4.69) is 0 Å². The molecule has 0 aromatic heterocycles. The Kier molecular flexibility index (Phi) is 5.13. The maximum Gasteiger partial charge on any atom is 0.310 e. The number of rotatable bonds is 5. The topological polar surface area (TPSA) is 26.3 Å². The largest absolute Gasteiger partial charge is 0.458 e. The summed E-state index contributed by atoms with van der Waals surface area (Å²) in [5.74, 6) is -0.214. The lowest BCUT2D eigenvalue weighted by molar-refractivity contribution is -0.147. The van der Waals surface area contributed by atoms with Crippen LogP contribution in [0.2, 0.25) is 0 Å². The van der Waals surface area contributed by atoms with Crippen LogP contribution in [0.1, 0.15) is 30.6 Å². The van der Waals surface area contributed by atoms with Gasteiger partial charge in [0, 0.05) is 0 Å². The van der Waals surface area contributed by atoms with Crippen molar-refractivity contribution in [3.63, 3.8) is 0 Å².